The highest BCUT2D eigenvalue weighted by atomic mass is 16.6. The topological polar surface area (TPSA) is 84.3 Å². The highest BCUT2D eigenvalue weighted by molar-refractivity contribution is 5.96. The van der Waals surface area contributed by atoms with Gasteiger partial charge >= 0.3 is 0 Å². The molecular formula is C13H17N3O3. The van der Waals surface area contributed by atoms with Crippen molar-refractivity contribution >= 4 is 11.6 Å². The average molecular weight is 263 g/mol. The first-order valence-electron chi connectivity index (χ1n) is 6.32. The third-order valence-corrected chi connectivity index (χ3v) is 3.39. The SMILES string of the molecule is Cc1ccc([N+](=O)[O-])cc1C(=O)NCC1CCNC1. The number of nitro groups is 1. The van der Waals surface area contributed by atoms with Gasteiger partial charge in [0.25, 0.3) is 11.6 Å². The molecule has 2 N–H and O–H groups in total. The van der Waals surface area contributed by atoms with Crippen molar-refractivity contribution in [2.24, 2.45) is 5.92 Å². The smallest absolute Gasteiger partial charge is 0.270 e. The van der Waals surface area contributed by atoms with E-state index in [1.54, 1.807) is 13.0 Å². The summed E-state index contributed by atoms with van der Waals surface area (Å²) in [4.78, 5) is 22.3. The third kappa shape index (κ3) is 3.29. The van der Waals surface area contributed by atoms with Gasteiger partial charge in [-0.25, -0.2) is 0 Å². The molecule has 1 amide bonds. The summed E-state index contributed by atoms with van der Waals surface area (Å²) in [5.74, 6) is 0.205. The summed E-state index contributed by atoms with van der Waals surface area (Å²) in [5, 5.41) is 16.8. The van der Waals surface area contributed by atoms with Crippen LogP contribution in [0.15, 0.2) is 18.2 Å². The highest BCUT2D eigenvalue weighted by Gasteiger charge is 2.18. The largest absolute Gasteiger partial charge is 0.352 e. The summed E-state index contributed by atoms with van der Waals surface area (Å²) in [6.45, 7) is 4.27. The van der Waals surface area contributed by atoms with Gasteiger partial charge in [0.2, 0.25) is 0 Å². The highest BCUT2D eigenvalue weighted by Crippen LogP contribution is 2.17. The van der Waals surface area contributed by atoms with E-state index in [1.165, 1.54) is 12.1 Å². The monoisotopic (exact) mass is 263 g/mol. The van der Waals surface area contributed by atoms with Crippen LogP contribution in [0.1, 0.15) is 22.3 Å². The molecule has 0 radical (unpaired) electrons. The van der Waals surface area contributed by atoms with E-state index in [-0.39, 0.29) is 11.6 Å². The van der Waals surface area contributed by atoms with Gasteiger partial charge in [-0.3, -0.25) is 14.9 Å². The zero-order valence-corrected chi connectivity index (χ0v) is 10.8. The molecule has 1 aliphatic heterocycles. The molecule has 6 nitrogen and oxygen atoms in total. The fourth-order valence-corrected chi connectivity index (χ4v) is 2.19. The van der Waals surface area contributed by atoms with Crippen LogP contribution in [0, 0.1) is 23.0 Å². The van der Waals surface area contributed by atoms with Crippen molar-refractivity contribution in [3.8, 4) is 0 Å². The Labute approximate surface area is 111 Å². The molecule has 0 bridgehead atoms. The molecule has 1 unspecified atom stereocenters. The van der Waals surface area contributed by atoms with Crippen LogP contribution in [0.2, 0.25) is 0 Å². The predicted molar refractivity (Wildman–Crippen MR) is 71.1 cm³/mol. The number of nitrogens with zero attached hydrogens (tertiary/aromatic N) is 1. The van der Waals surface area contributed by atoms with E-state index >= 15 is 0 Å². The Kier molecular flexibility index (Phi) is 4.11. The molecule has 1 aromatic carbocycles. The maximum Gasteiger partial charge on any atom is 0.270 e. The standard InChI is InChI=1S/C13H17N3O3/c1-9-2-3-11(16(18)19)6-12(9)13(17)15-8-10-4-5-14-7-10/h2-3,6,10,14H,4-5,7-8H2,1H3,(H,15,17). The van der Waals surface area contributed by atoms with Gasteiger partial charge < -0.3 is 10.6 Å². The second-order valence-corrected chi connectivity index (χ2v) is 4.83. The number of nitrogens with one attached hydrogen (secondary N) is 2. The molecule has 1 fully saturated rings. The van der Waals surface area contributed by atoms with Crippen molar-refractivity contribution in [2.75, 3.05) is 19.6 Å². The van der Waals surface area contributed by atoms with E-state index in [1.807, 2.05) is 0 Å². The van der Waals surface area contributed by atoms with Crippen molar-refractivity contribution in [3.05, 3.63) is 39.4 Å². The average Bonchev–Trinajstić information content (AvgIpc) is 2.89. The molecule has 0 aliphatic carbocycles. The second kappa shape index (κ2) is 5.79. The molecule has 1 heterocycles. The number of carbonyl (C=O) groups is 1. The summed E-state index contributed by atoms with van der Waals surface area (Å²) in [6.07, 6.45) is 1.05. The van der Waals surface area contributed by atoms with Crippen LogP contribution in [-0.4, -0.2) is 30.5 Å². The fourth-order valence-electron chi connectivity index (χ4n) is 2.19. The van der Waals surface area contributed by atoms with Gasteiger partial charge in [0, 0.05) is 24.2 Å². The van der Waals surface area contributed by atoms with Crippen molar-refractivity contribution in [2.45, 2.75) is 13.3 Å². The number of hydrogen-bond acceptors (Lipinski definition) is 4. The Bertz CT molecular complexity index is 496. The van der Waals surface area contributed by atoms with Gasteiger partial charge in [-0.1, -0.05) is 6.07 Å². The number of rotatable bonds is 4. The minimum absolute atomic E-state index is 0.0571. The first-order chi connectivity index (χ1) is 9.08. The summed E-state index contributed by atoms with van der Waals surface area (Å²) in [6, 6.07) is 4.34. The van der Waals surface area contributed by atoms with Crippen molar-refractivity contribution in [1.82, 2.24) is 10.6 Å². The third-order valence-electron chi connectivity index (χ3n) is 3.39. The molecule has 102 valence electrons. The molecule has 1 atom stereocenters. The number of amides is 1. The van der Waals surface area contributed by atoms with Crippen LogP contribution in [0.5, 0.6) is 0 Å². The Morgan fingerprint density at radius 2 is 2.37 bits per heavy atom. The van der Waals surface area contributed by atoms with Gasteiger partial charge in [0.05, 0.1) is 4.92 Å². The fraction of sp³-hybridized carbons (Fsp3) is 0.462. The zero-order valence-electron chi connectivity index (χ0n) is 10.8. The van der Waals surface area contributed by atoms with Crippen LogP contribution in [0.25, 0.3) is 0 Å². The lowest BCUT2D eigenvalue weighted by Crippen LogP contribution is -2.30. The Morgan fingerprint density at radius 1 is 1.58 bits per heavy atom. The Hall–Kier alpha value is -1.95. The number of nitro benzene ring substituents is 1. The van der Waals surface area contributed by atoms with E-state index in [0.29, 0.717) is 18.0 Å². The lowest BCUT2D eigenvalue weighted by atomic mass is 10.1. The van der Waals surface area contributed by atoms with Gasteiger partial charge in [-0.2, -0.15) is 0 Å². The van der Waals surface area contributed by atoms with Gasteiger partial charge in [0.15, 0.2) is 0 Å². The van der Waals surface area contributed by atoms with Gasteiger partial charge in [-0.05, 0) is 37.9 Å². The molecule has 0 spiro atoms. The number of hydrogen-bond donors (Lipinski definition) is 2. The van der Waals surface area contributed by atoms with Gasteiger partial charge in [-0.15, -0.1) is 0 Å². The number of non-ortho nitro benzene ring substituents is 1. The lowest BCUT2D eigenvalue weighted by Gasteiger charge is -2.11. The van der Waals surface area contributed by atoms with Crippen molar-refractivity contribution < 1.29 is 9.72 Å². The van der Waals surface area contributed by atoms with Crippen LogP contribution in [-0.2, 0) is 0 Å². The second-order valence-electron chi connectivity index (χ2n) is 4.83. The summed E-state index contributed by atoms with van der Waals surface area (Å²) in [5.41, 5.74) is 1.06. The van der Waals surface area contributed by atoms with Crippen LogP contribution < -0.4 is 10.6 Å². The normalized spacial score (nSPS) is 18.3. The van der Waals surface area contributed by atoms with Crippen molar-refractivity contribution in [3.63, 3.8) is 0 Å². The molecular weight excluding hydrogens is 246 g/mol. The molecule has 1 aliphatic rings. The minimum Gasteiger partial charge on any atom is -0.352 e. The molecule has 6 heteroatoms. The van der Waals surface area contributed by atoms with E-state index in [4.69, 9.17) is 0 Å². The Morgan fingerprint density at radius 3 is 3.00 bits per heavy atom. The van der Waals surface area contributed by atoms with E-state index in [0.717, 1.165) is 25.1 Å². The maximum absolute atomic E-state index is 12.0. The van der Waals surface area contributed by atoms with Crippen LogP contribution >= 0.6 is 0 Å². The summed E-state index contributed by atoms with van der Waals surface area (Å²) < 4.78 is 0. The van der Waals surface area contributed by atoms with E-state index in [2.05, 4.69) is 10.6 Å². The van der Waals surface area contributed by atoms with Gasteiger partial charge in [0.1, 0.15) is 0 Å². The van der Waals surface area contributed by atoms with E-state index in [9.17, 15) is 14.9 Å². The molecule has 2 rings (SSSR count). The molecule has 1 saturated heterocycles. The minimum atomic E-state index is -0.489. The number of carbonyl (C=O) groups excluding carboxylic acids is 1. The number of benzene rings is 1. The first kappa shape index (κ1) is 13.5. The summed E-state index contributed by atoms with van der Waals surface area (Å²) in [7, 11) is 0. The van der Waals surface area contributed by atoms with Crippen LogP contribution in [0.4, 0.5) is 5.69 Å². The zero-order chi connectivity index (χ0) is 13.8. The molecule has 1 aromatic rings. The van der Waals surface area contributed by atoms with Crippen molar-refractivity contribution in [1.29, 1.82) is 0 Å². The predicted octanol–water partition coefficient (Wildman–Crippen LogP) is 1.24. The maximum atomic E-state index is 12.0. The Balaban J connectivity index is 2.04. The molecule has 0 aromatic heterocycles. The molecule has 0 saturated carbocycles. The number of aryl methyl sites for hydroxylation is 1. The lowest BCUT2D eigenvalue weighted by molar-refractivity contribution is -0.384. The van der Waals surface area contributed by atoms with E-state index < -0.39 is 4.92 Å². The quantitative estimate of drug-likeness (QED) is 0.632. The molecule has 19 heavy (non-hydrogen) atoms. The first-order valence-corrected chi connectivity index (χ1v) is 6.32. The summed E-state index contributed by atoms with van der Waals surface area (Å²) >= 11 is 0. The van der Waals surface area contributed by atoms with Crippen LogP contribution in [0.3, 0.4) is 0 Å².